The monoisotopic (exact) mass is 299 g/mol. The van der Waals surface area contributed by atoms with Gasteiger partial charge in [0.25, 0.3) is 5.56 Å². The number of carbonyl (C=O) groups is 1. The summed E-state index contributed by atoms with van der Waals surface area (Å²) in [7, 11) is 0. The van der Waals surface area contributed by atoms with Crippen LogP contribution in [0.4, 0.5) is 0 Å². The lowest BCUT2D eigenvalue weighted by Gasteiger charge is -2.13. The predicted molar refractivity (Wildman–Crippen MR) is 82.3 cm³/mol. The standard InChI is InChI=1S/C16H17N3O3/c20-9-11-5-6-12(7-11)18-15(21)8-19-10-17-14-4-2-1-3-13(14)16(19)22/h1-6,10-12,20H,7-9H2,(H,18,21)/t11-,12+/m0/s1. The molecule has 2 aromatic rings. The first kappa shape index (κ1) is 14.5. The number of aliphatic hydroxyl groups is 1. The molecule has 0 saturated carbocycles. The van der Waals surface area contributed by atoms with Gasteiger partial charge in [0.1, 0.15) is 6.54 Å². The summed E-state index contributed by atoms with van der Waals surface area (Å²) in [4.78, 5) is 28.5. The summed E-state index contributed by atoms with van der Waals surface area (Å²) in [6.07, 6.45) is 5.85. The van der Waals surface area contributed by atoms with E-state index < -0.39 is 0 Å². The highest BCUT2D eigenvalue weighted by Gasteiger charge is 2.20. The summed E-state index contributed by atoms with van der Waals surface area (Å²) >= 11 is 0. The van der Waals surface area contributed by atoms with Crippen LogP contribution in [-0.4, -0.2) is 33.2 Å². The third-order valence-electron chi connectivity index (χ3n) is 3.80. The minimum absolute atomic E-state index is 0.0647. The van der Waals surface area contributed by atoms with E-state index in [0.717, 1.165) is 0 Å². The van der Waals surface area contributed by atoms with Crippen molar-refractivity contribution in [1.82, 2.24) is 14.9 Å². The Morgan fingerprint density at radius 3 is 2.95 bits per heavy atom. The van der Waals surface area contributed by atoms with Crippen LogP contribution in [0.25, 0.3) is 10.9 Å². The summed E-state index contributed by atoms with van der Waals surface area (Å²) in [6, 6.07) is 6.96. The van der Waals surface area contributed by atoms with E-state index in [1.54, 1.807) is 18.2 Å². The van der Waals surface area contributed by atoms with Crippen molar-refractivity contribution in [3.05, 3.63) is 53.1 Å². The minimum atomic E-state index is -0.243. The Bertz CT molecular complexity index is 782. The number of benzene rings is 1. The lowest BCUT2D eigenvalue weighted by Crippen LogP contribution is -2.37. The average Bonchev–Trinajstić information content (AvgIpc) is 2.98. The van der Waals surface area contributed by atoms with Gasteiger partial charge in [0.05, 0.1) is 17.2 Å². The van der Waals surface area contributed by atoms with Crippen LogP contribution in [0.3, 0.4) is 0 Å². The molecule has 0 unspecified atom stereocenters. The first-order chi connectivity index (χ1) is 10.7. The Morgan fingerprint density at radius 2 is 2.18 bits per heavy atom. The molecule has 0 fully saturated rings. The van der Waals surface area contributed by atoms with Gasteiger partial charge in [-0.05, 0) is 18.6 Å². The highest BCUT2D eigenvalue weighted by atomic mass is 16.3. The molecule has 1 aliphatic rings. The quantitative estimate of drug-likeness (QED) is 0.803. The molecule has 1 heterocycles. The van der Waals surface area contributed by atoms with Crippen LogP contribution in [0.1, 0.15) is 6.42 Å². The van der Waals surface area contributed by atoms with Crippen LogP contribution in [0.5, 0.6) is 0 Å². The molecule has 1 aliphatic carbocycles. The molecule has 0 spiro atoms. The zero-order chi connectivity index (χ0) is 15.5. The average molecular weight is 299 g/mol. The molecule has 1 amide bonds. The van der Waals surface area contributed by atoms with Gasteiger partial charge >= 0.3 is 0 Å². The maximum absolute atomic E-state index is 12.3. The number of fused-ring (bicyclic) bond motifs is 1. The topological polar surface area (TPSA) is 84.2 Å². The summed E-state index contributed by atoms with van der Waals surface area (Å²) in [5.74, 6) is -0.150. The largest absolute Gasteiger partial charge is 0.396 e. The van der Waals surface area contributed by atoms with E-state index in [1.807, 2.05) is 18.2 Å². The number of para-hydroxylation sites is 1. The normalized spacial score (nSPS) is 20.4. The van der Waals surface area contributed by atoms with Gasteiger partial charge in [-0.25, -0.2) is 4.98 Å². The van der Waals surface area contributed by atoms with Crippen LogP contribution in [0, 0.1) is 5.92 Å². The molecule has 3 rings (SSSR count). The smallest absolute Gasteiger partial charge is 0.261 e. The van der Waals surface area contributed by atoms with Gasteiger partial charge in [0.2, 0.25) is 5.91 Å². The second-order valence-corrected chi connectivity index (χ2v) is 5.43. The molecule has 1 aromatic carbocycles. The molecule has 114 valence electrons. The molecule has 1 aromatic heterocycles. The number of hydrogen-bond donors (Lipinski definition) is 2. The second-order valence-electron chi connectivity index (χ2n) is 5.43. The number of nitrogens with one attached hydrogen (secondary N) is 1. The van der Waals surface area contributed by atoms with Crippen molar-refractivity contribution in [2.75, 3.05) is 6.61 Å². The zero-order valence-corrected chi connectivity index (χ0v) is 12.0. The molecule has 6 nitrogen and oxygen atoms in total. The highest BCUT2D eigenvalue weighted by molar-refractivity contribution is 5.79. The first-order valence-electron chi connectivity index (χ1n) is 7.20. The molecule has 2 N–H and O–H groups in total. The fourth-order valence-corrected chi connectivity index (χ4v) is 2.64. The Kier molecular flexibility index (Phi) is 4.02. The highest BCUT2D eigenvalue weighted by Crippen LogP contribution is 2.16. The Hall–Kier alpha value is -2.47. The Balaban J connectivity index is 1.71. The minimum Gasteiger partial charge on any atom is -0.396 e. The second kappa shape index (κ2) is 6.11. The van der Waals surface area contributed by atoms with E-state index in [9.17, 15) is 9.59 Å². The third-order valence-corrected chi connectivity index (χ3v) is 3.80. The van der Waals surface area contributed by atoms with Crippen molar-refractivity contribution in [3.8, 4) is 0 Å². The van der Waals surface area contributed by atoms with Crippen molar-refractivity contribution < 1.29 is 9.90 Å². The number of aliphatic hydroxyl groups excluding tert-OH is 1. The first-order valence-corrected chi connectivity index (χ1v) is 7.20. The van der Waals surface area contributed by atoms with E-state index in [-0.39, 0.29) is 36.6 Å². The summed E-state index contributed by atoms with van der Waals surface area (Å²) in [6.45, 7) is 0.0156. The van der Waals surface area contributed by atoms with Crippen LogP contribution in [-0.2, 0) is 11.3 Å². The third kappa shape index (κ3) is 2.92. The van der Waals surface area contributed by atoms with Crippen molar-refractivity contribution in [2.45, 2.75) is 19.0 Å². The molecule has 0 saturated heterocycles. The number of carbonyl (C=O) groups excluding carboxylic acids is 1. The van der Waals surface area contributed by atoms with Crippen LogP contribution in [0.15, 0.2) is 47.5 Å². The number of hydrogen-bond acceptors (Lipinski definition) is 4. The van der Waals surface area contributed by atoms with E-state index in [0.29, 0.717) is 17.3 Å². The lowest BCUT2D eigenvalue weighted by atomic mass is 10.1. The van der Waals surface area contributed by atoms with Gasteiger partial charge in [-0.3, -0.25) is 14.2 Å². The van der Waals surface area contributed by atoms with E-state index in [2.05, 4.69) is 10.3 Å². The SMILES string of the molecule is O=C(Cn1cnc2ccccc2c1=O)N[C@@H]1C=C[C@H](CO)C1. The number of amides is 1. The Labute approximate surface area is 127 Å². The van der Waals surface area contributed by atoms with Crippen molar-refractivity contribution in [2.24, 2.45) is 5.92 Å². The van der Waals surface area contributed by atoms with Gasteiger partial charge in [0.15, 0.2) is 0 Å². The zero-order valence-electron chi connectivity index (χ0n) is 12.0. The fourth-order valence-electron chi connectivity index (χ4n) is 2.64. The van der Waals surface area contributed by atoms with E-state index >= 15 is 0 Å². The van der Waals surface area contributed by atoms with Crippen molar-refractivity contribution >= 4 is 16.8 Å². The van der Waals surface area contributed by atoms with Gasteiger partial charge < -0.3 is 10.4 Å². The fraction of sp³-hybridized carbons (Fsp3) is 0.312. The molecule has 6 heteroatoms. The summed E-state index contributed by atoms with van der Waals surface area (Å²) in [5.41, 5.74) is 0.393. The van der Waals surface area contributed by atoms with Gasteiger partial charge in [0, 0.05) is 18.6 Å². The van der Waals surface area contributed by atoms with Gasteiger partial charge in [-0.1, -0.05) is 24.3 Å². The summed E-state index contributed by atoms with van der Waals surface area (Å²) in [5, 5.41) is 12.4. The van der Waals surface area contributed by atoms with E-state index in [1.165, 1.54) is 10.9 Å². The van der Waals surface area contributed by atoms with Crippen molar-refractivity contribution in [3.63, 3.8) is 0 Å². The molecule has 0 radical (unpaired) electrons. The van der Waals surface area contributed by atoms with Gasteiger partial charge in [-0.15, -0.1) is 0 Å². The molecule has 0 aliphatic heterocycles. The predicted octanol–water partition coefficient (Wildman–Crippen LogP) is 0.450. The molecule has 22 heavy (non-hydrogen) atoms. The molecular weight excluding hydrogens is 282 g/mol. The van der Waals surface area contributed by atoms with Crippen LogP contribution >= 0.6 is 0 Å². The summed E-state index contributed by atoms with van der Waals surface area (Å²) < 4.78 is 1.31. The Morgan fingerprint density at radius 1 is 1.36 bits per heavy atom. The van der Waals surface area contributed by atoms with Crippen LogP contribution < -0.4 is 10.9 Å². The van der Waals surface area contributed by atoms with Crippen LogP contribution in [0.2, 0.25) is 0 Å². The van der Waals surface area contributed by atoms with Gasteiger partial charge in [-0.2, -0.15) is 0 Å². The van der Waals surface area contributed by atoms with Crippen molar-refractivity contribution in [1.29, 1.82) is 0 Å². The van der Waals surface area contributed by atoms with E-state index in [4.69, 9.17) is 5.11 Å². The molecule has 2 atom stereocenters. The lowest BCUT2D eigenvalue weighted by molar-refractivity contribution is -0.122. The number of nitrogens with zero attached hydrogens (tertiary/aromatic N) is 2. The maximum atomic E-state index is 12.3. The maximum Gasteiger partial charge on any atom is 0.261 e. The molecule has 0 bridgehead atoms. The number of aromatic nitrogens is 2. The number of rotatable bonds is 4. The molecular formula is C16H17N3O3.